The highest BCUT2D eigenvalue weighted by molar-refractivity contribution is 6.30. The van der Waals surface area contributed by atoms with Gasteiger partial charge in [0.1, 0.15) is 0 Å². The van der Waals surface area contributed by atoms with Crippen molar-refractivity contribution in [1.29, 1.82) is 0 Å². The van der Waals surface area contributed by atoms with Crippen molar-refractivity contribution in [2.75, 3.05) is 18.4 Å². The van der Waals surface area contributed by atoms with Crippen molar-refractivity contribution in [3.63, 3.8) is 0 Å². The van der Waals surface area contributed by atoms with Crippen molar-refractivity contribution >= 4 is 23.3 Å². The number of hydrogen-bond acceptors (Lipinski definition) is 4. The van der Waals surface area contributed by atoms with E-state index in [0.717, 1.165) is 0 Å². The van der Waals surface area contributed by atoms with Crippen LogP contribution >= 0.6 is 11.6 Å². The number of anilines is 1. The molecule has 1 N–H and O–H groups in total. The molecule has 3 rings (SSSR count). The van der Waals surface area contributed by atoms with E-state index in [9.17, 15) is 4.79 Å². The molecule has 20 heavy (non-hydrogen) atoms. The van der Waals surface area contributed by atoms with Gasteiger partial charge in [-0.05, 0) is 25.1 Å². The maximum absolute atomic E-state index is 12.0. The highest BCUT2D eigenvalue weighted by atomic mass is 35.5. The fraction of sp³-hybridized carbons (Fsp3) is 0.308. The number of carbonyl (C=O) groups excluding carboxylic acids is 1. The van der Waals surface area contributed by atoms with Crippen LogP contribution in [-0.4, -0.2) is 34.2 Å². The first kappa shape index (κ1) is 12.9. The first-order valence-corrected chi connectivity index (χ1v) is 6.61. The number of amides is 2. The lowest BCUT2D eigenvalue weighted by molar-refractivity contribution is 0.147. The average molecular weight is 293 g/mol. The molecule has 2 amide bonds. The smallest absolute Gasteiger partial charge is 0.321 e. The van der Waals surface area contributed by atoms with Crippen molar-refractivity contribution in [3.8, 4) is 0 Å². The van der Waals surface area contributed by atoms with Gasteiger partial charge >= 0.3 is 6.03 Å². The molecule has 0 unspecified atom stereocenters. The van der Waals surface area contributed by atoms with E-state index in [1.807, 2.05) is 0 Å². The molecule has 0 aliphatic carbocycles. The molecule has 1 aromatic heterocycles. The first-order chi connectivity index (χ1) is 9.61. The zero-order valence-electron chi connectivity index (χ0n) is 10.8. The van der Waals surface area contributed by atoms with Crippen LogP contribution in [0.5, 0.6) is 0 Å². The fourth-order valence-electron chi connectivity index (χ4n) is 2.05. The molecular weight excluding hydrogens is 280 g/mol. The summed E-state index contributed by atoms with van der Waals surface area (Å²) < 4.78 is 5.09. The number of aryl methyl sites for hydroxylation is 1. The molecule has 2 aromatic rings. The van der Waals surface area contributed by atoms with Gasteiger partial charge in [0.15, 0.2) is 5.82 Å². The Morgan fingerprint density at radius 2 is 2.30 bits per heavy atom. The number of rotatable bonds is 2. The van der Waals surface area contributed by atoms with Gasteiger partial charge in [-0.2, -0.15) is 4.98 Å². The summed E-state index contributed by atoms with van der Waals surface area (Å²) in [7, 11) is 0. The Balaban J connectivity index is 1.56. The summed E-state index contributed by atoms with van der Waals surface area (Å²) in [5.41, 5.74) is 0.680. The summed E-state index contributed by atoms with van der Waals surface area (Å²) in [5, 5.41) is 7.13. The standard InChI is InChI=1S/C13H13ClN4O2/c1-8-15-12(20-17-8)9-6-18(7-9)13(19)16-11-4-2-3-10(14)5-11/h2-5,9H,6-7H2,1H3,(H,16,19). The predicted molar refractivity (Wildman–Crippen MR) is 73.8 cm³/mol. The van der Waals surface area contributed by atoms with Crippen molar-refractivity contribution < 1.29 is 9.32 Å². The summed E-state index contributed by atoms with van der Waals surface area (Å²) in [4.78, 5) is 17.8. The minimum Gasteiger partial charge on any atom is -0.339 e. The third-order valence-corrected chi connectivity index (χ3v) is 3.37. The van der Waals surface area contributed by atoms with Gasteiger partial charge in [-0.25, -0.2) is 4.79 Å². The zero-order valence-corrected chi connectivity index (χ0v) is 11.6. The largest absolute Gasteiger partial charge is 0.339 e. The van der Waals surface area contributed by atoms with E-state index in [2.05, 4.69) is 15.5 Å². The molecule has 6 nitrogen and oxygen atoms in total. The van der Waals surface area contributed by atoms with E-state index in [4.69, 9.17) is 16.1 Å². The third kappa shape index (κ3) is 2.60. The normalized spacial score (nSPS) is 15.0. The summed E-state index contributed by atoms with van der Waals surface area (Å²) in [6, 6.07) is 6.90. The predicted octanol–water partition coefficient (Wildman–Crippen LogP) is 2.66. The number of benzene rings is 1. The third-order valence-electron chi connectivity index (χ3n) is 3.14. The molecule has 1 aliphatic rings. The van der Waals surface area contributed by atoms with Crippen LogP contribution in [0.1, 0.15) is 17.6 Å². The summed E-state index contributed by atoms with van der Waals surface area (Å²) in [6.07, 6.45) is 0. The quantitative estimate of drug-likeness (QED) is 0.923. The van der Waals surface area contributed by atoms with Crippen LogP contribution in [0, 0.1) is 6.92 Å². The summed E-state index contributed by atoms with van der Waals surface area (Å²) in [5.74, 6) is 1.33. The molecule has 0 atom stereocenters. The highest BCUT2D eigenvalue weighted by Crippen LogP contribution is 2.26. The number of urea groups is 1. The molecule has 0 spiro atoms. The number of hydrogen-bond donors (Lipinski definition) is 1. The average Bonchev–Trinajstić information content (AvgIpc) is 2.73. The molecular formula is C13H13ClN4O2. The molecule has 1 aromatic carbocycles. The van der Waals surface area contributed by atoms with Gasteiger partial charge in [-0.1, -0.05) is 22.8 Å². The first-order valence-electron chi connectivity index (χ1n) is 6.23. The van der Waals surface area contributed by atoms with E-state index < -0.39 is 0 Å². The second kappa shape index (κ2) is 5.13. The second-order valence-corrected chi connectivity index (χ2v) is 5.16. The number of likely N-dealkylation sites (tertiary alicyclic amines) is 1. The van der Waals surface area contributed by atoms with Crippen LogP contribution in [0.15, 0.2) is 28.8 Å². The van der Waals surface area contributed by atoms with Crippen LogP contribution in [0.2, 0.25) is 5.02 Å². The monoisotopic (exact) mass is 292 g/mol. The minimum absolute atomic E-state index is 0.126. The maximum atomic E-state index is 12.0. The number of nitrogens with one attached hydrogen (secondary N) is 1. The Morgan fingerprint density at radius 1 is 1.50 bits per heavy atom. The molecule has 0 saturated carbocycles. The maximum Gasteiger partial charge on any atom is 0.321 e. The van der Waals surface area contributed by atoms with Crippen molar-refractivity contribution in [2.24, 2.45) is 0 Å². The minimum atomic E-state index is -0.153. The number of carbonyl (C=O) groups is 1. The number of nitrogens with zero attached hydrogens (tertiary/aromatic N) is 3. The van der Waals surface area contributed by atoms with Crippen LogP contribution in [0.4, 0.5) is 10.5 Å². The van der Waals surface area contributed by atoms with Gasteiger partial charge in [0.05, 0.1) is 5.92 Å². The Kier molecular flexibility index (Phi) is 3.31. The van der Waals surface area contributed by atoms with Crippen molar-refractivity contribution in [2.45, 2.75) is 12.8 Å². The Bertz CT molecular complexity index is 637. The molecule has 0 radical (unpaired) electrons. The molecule has 2 heterocycles. The van der Waals surface area contributed by atoms with Crippen molar-refractivity contribution in [3.05, 3.63) is 41.0 Å². The zero-order chi connectivity index (χ0) is 14.1. The van der Waals surface area contributed by atoms with Gasteiger partial charge in [0.2, 0.25) is 5.89 Å². The topological polar surface area (TPSA) is 71.3 Å². The number of halogens is 1. The Hall–Kier alpha value is -2.08. The lowest BCUT2D eigenvalue weighted by Gasteiger charge is -2.36. The van der Waals surface area contributed by atoms with E-state index in [0.29, 0.717) is 35.5 Å². The lowest BCUT2D eigenvalue weighted by atomic mass is 10.0. The van der Waals surface area contributed by atoms with Crippen LogP contribution < -0.4 is 5.32 Å². The van der Waals surface area contributed by atoms with Crippen LogP contribution in [0.3, 0.4) is 0 Å². The highest BCUT2D eigenvalue weighted by Gasteiger charge is 2.35. The fourth-order valence-corrected chi connectivity index (χ4v) is 2.24. The van der Waals surface area contributed by atoms with Gasteiger partial charge < -0.3 is 14.7 Å². The Labute approximate surface area is 120 Å². The summed E-state index contributed by atoms with van der Waals surface area (Å²) in [6.45, 7) is 2.93. The molecule has 104 valence electrons. The van der Waals surface area contributed by atoms with E-state index >= 15 is 0 Å². The molecule has 1 saturated heterocycles. The SMILES string of the molecule is Cc1noc(C2CN(C(=O)Nc3cccc(Cl)c3)C2)n1. The number of aromatic nitrogens is 2. The molecule has 1 aliphatic heterocycles. The molecule has 7 heteroatoms. The molecule has 1 fully saturated rings. The van der Waals surface area contributed by atoms with Crippen LogP contribution in [0.25, 0.3) is 0 Å². The summed E-state index contributed by atoms with van der Waals surface area (Å²) >= 11 is 5.87. The van der Waals surface area contributed by atoms with E-state index in [-0.39, 0.29) is 11.9 Å². The van der Waals surface area contributed by atoms with Gasteiger partial charge in [-0.3, -0.25) is 0 Å². The van der Waals surface area contributed by atoms with E-state index in [1.54, 1.807) is 36.1 Å². The van der Waals surface area contributed by atoms with E-state index in [1.165, 1.54) is 0 Å². The van der Waals surface area contributed by atoms with Gasteiger partial charge in [-0.15, -0.1) is 0 Å². The van der Waals surface area contributed by atoms with Gasteiger partial charge in [0.25, 0.3) is 0 Å². The lowest BCUT2D eigenvalue weighted by Crippen LogP contribution is -2.50. The van der Waals surface area contributed by atoms with Gasteiger partial charge in [0, 0.05) is 23.8 Å². The van der Waals surface area contributed by atoms with Crippen LogP contribution in [-0.2, 0) is 0 Å². The molecule has 0 bridgehead atoms. The Morgan fingerprint density at radius 3 is 2.95 bits per heavy atom. The van der Waals surface area contributed by atoms with Crippen molar-refractivity contribution in [1.82, 2.24) is 15.0 Å². The second-order valence-electron chi connectivity index (χ2n) is 4.72.